The van der Waals surface area contributed by atoms with E-state index in [1.807, 2.05) is 24.3 Å². The smallest absolute Gasteiger partial charge is 0.136 e. The third kappa shape index (κ3) is 3.51. The van der Waals surface area contributed by atoms with Crippen molar-refractivity contribution in [3.05, 3.63) is 65.2 Å². The van der Waals surface area contributed by atoms with E-state index in [9.17, 15) is 5.11 Å². The van der Waals surface area contributed by atoms with Gasteiger partial charge in [0.2, 0.25) is 0 Å². The van der Waals surface area contributed by atoms with E-state index in [0.717, 1.165) is 0 Å². The van der Waals surface area contributed by atoms with Gasteiger partial charge in [-0.3, -0.25) is 0 Å². The summed E-state index contributed by atoms with van der Waals surface area (Å²) in [5.74, 6) is 0.599. The highest BCUT2D eigenvalue weighted by Gasteiger charge is 2.30. The van der Waals surface area contributed by atoms with Crippen LogP contribution in [0.15, 0.2) is 54.6 Å². The van der Waals surface area contributed by atoms with Crippen LogP contribution in [-0.2, 0) is 5.60 Å². The van der Waals surface area contributed by atoms with Crippen LogP contribution in [0.2, 0.25) is 5.02 Å². The molecule has 0 aliphatic heterocycles. The highest BCUT2D eigenvalue weighted by molar-refractivity contribution is 6.30. The summed E-state index contributed by atoms with van der Waals surface area (Å²) in [5, 5.41) is 20.2. The predicted molar refractivity (Wildman–Crippen MR) is 77.5 cm³/mol. The summed E-state index contributed by atoms with van der Waals surface area (Å²) in [6, 6.07) is 17.9. The number of hydrogen-bond donors (Lipinski definition) is 1. The number of halogens is 1. The lowest BCUT2D eigenvalue weighted by molar-refractivity contribution is -0.00554. The molecule has 0 radical (unpaired) electrons. The van der Waals surface area contributed by atoms with E-state index < -0.39 is 5.60 Å². The molecule has 2 aromatic carbocycles. The summed E-state index contributed by atoms with van der Waals surface area (Å²) in [7, 11) is 0. The topological polar surface area (TPSA) is 53.2 Å². The molecule has 1 unspecified atom stereocenters. The summed E-state index contributed by atoms with van der Waals surface area (Å²) in [6.07, 6.45) is -0.0371. The minimum absolute atomic E-state index is 0.00616. The summed E-state index contributed by atoms with van der Waals surface area (Å²) in [5.41, 5.74) is -0.661. The van der Waals surface area contributed by atoms with Gasteiger partial charge in [0.15, 0.2) is 0 Å². The van der Waals surface area contributed by atoms with Crippen LogP contribution in [0.4, 0.5) is 0 Å². The van der Waals surface area contributed by atoms with Crippen LogP contribution in [0, 0.1) is 11.3 Å². The van der Waals surface area contributed by atoms with Crippen LogP contribution in [0.3, 0.4) is 0 Å². The SMILES string of the molecule is N#CCC(O)(COc1ccc(Cl)cc1)c1ccccc1. The summed E-state index contributed by atoms with van der Waals surface area (Å²) < 4.78 is 5.57. The van der Waals surface area contributed by atoms with Gasteiger partial charge >= 0.3 is 0 Å². The van der Waals surface area contributed by atoms with E-state index in [2.05, 4.69) is 0 Å². The molecule has 1 atom stereocenters. The van der Waals surface area contributed by atoms with Crippen molar-refractivity contribution >= 4 is 11.6 Å². The van der Waals surface area contributed by atoms with E-state index in [-0.39, 0.29) is 13.0 Å². The van der Waals surface area contributed by atoms with E-state index in [1.54, 1.807) is 36.4 Å². The normalized spacial score (nSPS) is 13.2. The van der Waals surface area contributed by atoms with Crippen LogP contribution in [0.5, 0.6) is 5.75 Å². The van der Waals surface area contributed by atoms with Crippen LogP contribution in [0.1, 0.15) is 12.0 Å². The molecule has 0 aromatic heterocycles. The van der Waals surface area contributed by atoms with E-state index >= 15 is 0 Å². The molecule has 0 aliphatic carbocycles. The number of hydrogen-bond acceptors (Lipinski definition) is 3. The van der Waals surface area contributed by atoms with Gasteiger partial charge < -0.3 is 9.84 Å². The predicted octanol–water partition coefficient (Wildman–Crippen LogP) is 3.52. The molecule has 0 amide bonds. The molecule has 2 rings (SSSR count). The summed E-state index contributed by atoms with van der Waals surface area (Å²) >= 11 is 5.80. The van der Waals surface area contributed by atoms with Gasteiger partial charge in [-0.1, -0.05) is 41.9 Å². The van der Waals surface area contributed by atoms with Crippen molar-refractivity contribution in [2.75, 3.05) is 6.61 Å². The minimum atomic E-state index is -1.32. The Hall–Kier alpha value is -2.02. The van der Waals surface area contributed by atoms with Crippen LogP contribution < -0.4 is 4.74 Å². The average Bonchev–Trinajstić information content (AvgIpc) is 2.48. The fourth-order valence-electron chi connectivity index (χ4n) is 1.85. The minimum Gasteiger partial charge on any atom is -0.490 e. The van der Waals surface area contributed by atoms with Crippen molar-refractivity contribution < 1.29 is 9.84 Å². The Morgan fingerprint density at radius 2 is 1.75 bits per heavy atom. The van der Waals surface area contributed by atoms with Gasteiger partial charge in [-0.15, -0.1) is 0 Å². The molecule has 2 aromatic rings. The third-order valence-electron chi connectivity index (χ3n) is 2.97. The molecule has 0 aliphatic rings. The first-order valence-electron chi connectivity index (χ1n) is 6.17. The standard InChI is InChI=1S/C16H14ClNO2/c17-14-6-8-15(9-7-14)20-12-16(19,10-11-18)13-4-2-1-3-5-13/h1-9,19H,10,12H2. The molecule has 102 valence electrons. The van der Waals surface area contributed by atoms with Crippen molar-refractivity contribution in [3.8, 4) is 11.8 Å². The monoisotopic (exact) mass is 287 g/mol. The molecule has 4 heteroatoms. The molecular weight excluding hydrogens is 274 g/mol. The Labute approximate surface area is 123 Å². The number of aliphatic hydroxyl groups is 1. The van der Waals surface area contributed by atoms with Gasteiger partial charge in [0.25, 0.3) is 0 Å². The first-order chi connectivity index (χ1) is 9.64. The van der Waals surface area contributed by atoms with Crippen LogP contribution in [0.25, 0.3) is 0 Å². The largest absolute Gasteiger partial charge is 0.490 e. The van der Waals surface area contributed by atoms with Gasteiger partial charge in [0.1, 0.15) is 18.0 Å². The molecule has 0 saturated heterocycles. The molecule has 20 heavy (non-hydrogen) atoms. The molecule has 1 N–H and O–H groups in total. The van der Waals surface area contributed by atoms with Gasteiger partial charge in [-0.05, 0) is 29.8 Å². The first kappa shape index (κ1) is 14.4. The second-order valence-corrected chi connectivity index (χ2v) is 4.91. The number of nitriles is 1. The zero-order valence-electron chi connectivity index (χ0n) is 10.8. The Balaban J connectivity index is 2.14. The molecular formula is C16H14ClNO2. The van der Waals surface area contributed by atoms with Crippen molar-refractivity contribution in [1.82, 2.24) is 0 Å². The van der Waals surface area contributed by atoms with Crippen molar-refractivity contribution in [2.24, 2.45) is 0 Å². The van der Waals surface area contributed by atoms with Gasteiger partial charge in [0, 0.05) is 5.02 Å². The number of rotatable bonds is 5. The van der Waals surface area contributed by atoms with E-state index in [0.29, 0.717) is 16.3 Å². The lowest BCUT2D eigenvalue weighted by Gasteiger charge is -2.26. The maximum absolute atomic E-state index is 10.6. The number of benzene rings is 2. The van der Waals surface area contributed by atoms with Crippen LogP contribution in [-0.4, -0.2) is 11.7 Å². The molecule has 0 bridgehead atoms. The average molecular weight is 288 g/mol. The van der Waals surface area contributed by atoms with E-state index in [4.69, 9.17) is 21.6 Å². The summed E-state index contributed by atoms with van der Waals surface area (Å²) in [4.78, 5) is 0. The Morgan fingerprint density at radius 3 is 2.35 bits per heavy atom. The zero-order chi connectivity index (χ0) is 14.4. The zero-order valence-corrected chi connectivity index (χ0v) is 11.5. The maximum Gasteiger partial charge on any atom is 0.136 e. The van der Waals surface area contributed by atoms with Crippen LogP contribution >= 0.6 is 11.6 Å². The Morgan fingerprint density at radius 1 is 1.10 bits per heavy atom. The quantitative estimate of drug-likeness (QED) is 0.915. The fraction of sp³-hybridized carbons (Fsp3) is 0.188. The van der Waals surface area contributed by atoms with Gasteiger partial charge in [-0.25, -0.2) is 0 Å². The Kier molecular flexibility index (Phi) is 4.62. The van der Waals surface area contributed by atoms with E-state index in [1.165, 1.54) is 0 Å². The van der Waals surface area contributed by atoms with Crippen molar-refractivity contribution in [1.29, 1.82) is 5.26 Å². The summed E-state index contributed by atoms with van der Waals surface area (Å²) in [6.45, 7) is 0.00616. The molecule has 0 saturated carbocycles. The third-order valence-corrected chi connectivity index (χ3v) is 3.23. The highest BCUT2D eigenvalue weighted by Crippen LogP contribution is 2.26. The molecule has 0 spiro atoms. The van der Waals surface area contributed by atoms with Gasteiger partial charge in [0.05, 0.1) is 12.5 Å². The highest BCUT2D eigenvalue weighted by atomic mass is 35.5. The number of nitrogens with zero attached hydrogens (tertiary/aromatic N) is 1. The van der Waals surface area contributed by atoms with Crippen molar-refractivity contribution in [2.45, 2.75) is 12.0 Å². The van der Waals surface area contributed by atoms with Crippen molar-refractivity contribution in [3.63, 3.8) is 0 Å². The second kappa shape index (κ2) is 6.42. The van der Waals surface area contributed by atoms with Gasteiger partial charge in [-0.2, -0.15) is 5.26 Å². The maximum atomic E-state index is 10.6. The molecule has 3 nitrogen and oxygen atoms in total. The number of ether oxygens (including phenoxy) is 1. The fourth-order valence-corrected chi connectivity index (χ4v) is 1.98. The first-order valence-corrected chi connectivity index (χ1v) is 6.55. The molecule has 0 fully saturated rings. The lowest BCUT2D eigenvalue weighted by Crippen LogP contribution is -2.32. The Bertz CT molecular complexity index is 592. The molecule has 0 heterocycles. The second-order valence-electron chi connectivity index (χ2n) is 4.48. The lowest BCUT2D eigenvalue weighted by atomic mass is 9.92.